The second kappa shape index (κ2) is 9.05. The Balaban J connectivity index is 1.51. The highest BCUT2D eigenvalue weighted by atomic mass is 32.1. The Morgan fingerprint density at radius 2 is 1.96 bits per heavy atom. The van der Waals surface area contributed by atoms with Crippen molar-refractivity contribution in [3.8, 4) is 17.0 Å². The Bertz CT molecular complexity index is 908. The van der Waals surface area contributed by atoms with Gasteiger partial charge in [-0.05, 0) is 43.3 Å². The van der Waals surface area contributed by atoms with Gasteiger partial charge in [0.2, 0.25) is 5.91 Å². The second-order valence-electron chi connectivity index (χ2n) is 5.71. The molecule has 1 N–H and O–H groups in total. The van der Waals surface area contributed by atoms with Crippen molar-refractivity contribution in [2.75, 3.05) is 11.9 Å². The van der Waals surface area contributed by atoms with E-state index in [9.17, 15) is 9.59 Å². The summed E-state index contributed by atoms with van der Waals surface area (Å²) in [5.41, 5.74) is 2.22. The number of hydrogen-bond acceptors (Lipinski definition) is 6. The average molecular weight is 381 g/mol. The lowest BCUT2D eigenvalue weighted by Gasteiger charge is -2.05. The molecule has 0 bridgehead atoms. The maximum absolute atomic E-state index is 12.2. The summed E-state index contributed by atoms with van der Waals surface area (Å²) in [4.78, 5) is 32.8. The molecule has 27 heavy (non-hydrogen) atoms. The number of ether oxygens (including phenoxy) is 1. The first-order valence-corrected chi connectivity index (χ1v) is 9.45. The summed E-state index contributed by atoms with van der Waals surface area (Å²) in [5, 5.41) is 5.11. The van der Waals surface area contributed by atoms with E-state index in [1.165, 1.54) is 11.3 Å². The number of amides is 1. The van der Waals surface area contributed by atoms with E-state index in [-0.39, 0.29) is 24.5 Å². The monoisotopic (exact) mass is 381 g/mol. The normalized spacial score (nSPS) is 10.4. The summed E-state index contributed by atoms with van der Waals surface area (Å²) in [6.45, 7) is 2.48. The van der Waals surface area contributed by atoms with Gasteiger partial charge in [-0.15, -0.1) is 11.3 Å². The molecule has 0 atom stereocenters. The van der Waals surface area contributed by atoms with Gasteiger partial charge in [-0.25, -0.2) is 4.98 Å². The number of Topliss-reactive ketones (excluding diaryl/α,β-unsaturated/α-hetero) is 1. The van der Waals surface area contributed by atoms with Gasteiger partial charge in [-0.3, -0.25) is 14.6 Å². The van der Waals surface area contributed by atoms with E-state index in [1.54, 1.807) is 36.7 Å². The number of carbonyl (C=O) groups excluding carboxylic acids is 2. The summed E-state index contributed by atoms with van der Waals surface area (Å²) >= 11 is 1.34. The fourth-order valence-corrected chi connectivity index (χ4v) is 3.17. The molecule has 0 fully saturated rings. The van der Waals surface area contributed by atoms with Crippen LogP contribution in [0.2, 0.25) is 0 Å². The Kier molecular flexibility index (Phi) is 6.27. The predicted molar refractivity (Wildman–Crippen MR) is 105 cm³/mol. The second-order valence-corrected chi connectivity index (χ2v) is 6.57. The number of rotatable bonds is 8. The number of nitrogens with one attached hydrogen (secondary N) is 1. The molecule has 2 aromatic heterocycles. The quantitative estimate of drug-likeness (QED) is 0.591. The summed E-state index contributed by atoms with van der Waals surface area (Å²) in [7, 11) is 0. The lowest BCUT2D eigenvalue weighted by Crippen LogP contribution is -2.13. The highest BCUT2D eigenvalue weighted by Gasteiger charge is 2.12. The molecule has 138 valence electrons. The predicted octanol–water partition coefficient (Wildman–Crippen LogP) is 4.21. The highest BCUT2D eigenvalue weighted by molar-refractivity contribution is 7.14. The highest BCUT2D eigenvalue weighted by Crippen LogP contribution is 2.24. The van der Waals surface area contributed by atoms with Gasteiger partial charge < -0.3 is 10.1 Å². The number of nitrogens with zero attached hydrogens (tertiary/aromatic N) is 2. The van der Waals surface area contributed by atoms with Crippen molar-refractivity contribution in [2.24, 2.45) is 0 Å². The molecule has 0 aliphatic carbocycles. The molecule has 7 heteroatoms. The molecule has 6 nitrogen and oxygen atoms in total. The summed E-state index contributed by atoms with van der Waals surface area (Å²) in [6, 6.07) is 10.7. The van der Waals surface area contributed by atoms with Crippen molar-refractivity contribution in [2.45, 2.75) is 19.8 Å². The van der Waals surface area contributed by atoms with Crippen LogP contribution in [-0.4, -0.2) is 28.3 Å². The maximum atomic E-state index is 12.2. The zero-order valence-electron chi connectivity index (χ0n) is 14.8. The largest absolute Gasteiger partial charge is 0.494 e. The SMILES string of the molecule is CCOc1ccc(C(=O)CCC(=O)Nc2nc(-c3cccnc3)cs2)cc1. The summed E-state index contributed by atoms with van der Waals surface area (Å²) < 4.78 is 5.35. The molecule has 0 spiro atoms. The topological polar surface area (TPSA) is 81.2 Å². The summed E-state index contributed by atoms with van der Waals surface area (Å²) in [5.74, 6) is 0.407. The number of hydrogen-bond donors (Lipinski definition) is 1. The molecule has 2 heterocycles. The molecule has 1 aromatic carbocycles. The molecule has 0 aliphatic heterocycles. The standard InChI is InChI=1S/C20H19N3O3S/c1-2-26-16-7-5-14(6-8-16)18(24)9-10-19(25)23-20-22-17(13-27-20)15-4-3-11-21-12-15/h3-8,11-13H,2,9-10H2,1H3,(H,22,23,25). The van der Waals surface area contributed by atoms with E-state index in [0.717, 1.165) is 17.0 Å². The Hall–Kier alpha value is -3.06. The lowest BCUT2D eigenvalue weighted by molar-refractivity contribution is -0.116. The van der Waals surface area contributed by atoms with Crippen LogP contribution in [0.5, 0.6) is 5.75 Å². The van der Waals surface area contributed by atoms with Crippen molar-refractivity contribution < 1.29 is 14.3 Å². The third-order valence-electron chi connectivity index (χ3n) is 3.77. The van der Waals surface area contributed by atoms with E-state index < -0.39 is 0 Å². The first-order valence-electron chi connectivity index (χ1n) is 8.57. The van der Waals surface area contributed by atoms with Crippen LogP contribution in [0.1, 0.15) is 30.1 Å². The fraction of sp³-hybridized carbons (Fsp3) is 0.200. The summed E-state index contributed by atoms with van der Waals surface area (Å²) in [6.07, 6.45) is 3.66. The molecular formula is C20H19N3O3S. The molecular weight excluding hydrogens is 362 g/mol. The smallest absolute Gasteiger partial charge is 0.226 e. The van der Waals surface area contributed by atoms with E-state index in [4.69, 9.17) is 4.74 Å². The van der Waals surface area contributed by atoms with Gasteiger partial charge in [0.15, 0.2) is 10.9 Å². The van der Waals surface area contributed by atoms with Crippen molar-refractivity contribution in [3.63, 3.8) is 0 Å². The van der Waals surface area contributed by atoms with Crippen LogP contribution >= 0.6 is 11.3 Å². The van der Waals surface area contributed by atoms with E-state index in [2.05, 4.69) is 15.3 Å². The molecule has 0 radical (unpaired) electrons. The van der Waals surface area contributed by atoms with Crippen molar-refractivity contribution in [1.82, 2.24) is 9.97 Å². The first-order chi connectivity index (χ1) is 13.2. The van der Waals surface area contributed by atoms with Gasteiger partial charge >= 0.3 is 0 Å². The van der Waals surface area contributed by atoms with Gasteiger partial charge in [0.05, 0.1) is 12.3 Å². The Morgan fingerprint density at radius 3 is 2.67 bits per heavy atom. The number of pyridine rings is 1. The van der Waals surface area contributed by atoms with E-state index in [1.807, 2.05) is 24.4 Å². The van der Waals surface area contributed by atoms with Crippen molar-refractivity contribution in [1.29, 1.82) is 0 Å². The van der Waals surface area contributed by atoms with Gasteiger partial charge in [-0.2, -0.15) is 0 Å². The zero-order chi connectivity index (χ0) is 19.1. The maximum Gasteiger partial charge on any atom is 0.226 e. The molecule has 3 aromatic rings. The van der Waals surface area contributed by atoms with Gasteiger partial charge in [0.1, 0.15) is 5.75 Å². The molecule has 1 amide bonds. The van der Waals surface area contributed by atoms with Gasteiger partial charge in [-0.1, -0.05) is 0 Å². The Morgan fingerprint density at radius 1 is 1.15 bits per heavy atom. The van der Waals surface area contributed by atoms with Crippen LogP contribution in [0, 0.1) is 0 Å². The lowest BCUT2D eigenvalue weighted by atomic mass is 10.1. The minimum atomic E-state index is -0.235. The van der Waals surface area contributed by atoms with Crippen molar-refractivity contribution >= 4 is 28.2 Å². The number of benzene rings is 1. The van der Waals surface area contributed by atoms with Crippen LogP contribution < -0.4 is 10.1 Å². The fourth-order valence-electron chi connectivity index (χ4n) is 2.43. The average Bonchev–Trinajstić information content (AvgIpc) is 3.16. The minimum absolute atomic E-state index is 0.0802. The van der Waals surface area contributed by atoms with E-state index in [0.29, 0.717) is 17.3 Å². The molecule has 0 saturated carbocycles. The molecule has 0 unspecified atom stereocenters. The molecule has 3 rings (SSSR count). The van der Waals surface area contributed by atoms with Crippen LogP contribution in [0.3, 0.4) is 0 Å². The zero-order valence-corrected chi connectivity index (χ0v) is 15.7. The number of anilines is 1. The van der Waals surface area contributed by atoms with Gasteiger partial charge in [0.25, 0.3) is 0 Å². The molecule has 0 saturated heterocycles. The number of ketones is 1. The molecule has 0 aliphatic rings. The van der Waals surface area contributed by atoms with Crippen molar-refractivity contribution in [3.05, 3.63) is 59.7 Å². The number of thiazole rings is 1. The van der Waals surface area contributed by atoms with Crippen LogP contribution in [0.4, 0.5) is 5.13 Å². The third-order valence-corrected chi connectivity index (χ3v) is 4.53. The first kappa shape index (κ1) is 18.7. The Labute approximate surface area is 161 Å². The van der Waals surface area contributed by atoms with Crippen LogP contribution in [0.15, 0.2) is 54.2 Å². The number of carbonyl (C=O) groups is 2. The number of aromatic nitrogens is 2. The minimum Gasteiger partial charge on any atom is -0.494 e. The van der Waals surface area contributed by atoms with E-state index >= 15 is 0 Å². The third kappa shape index (κ3) is 5.21. The van der Waals surface area contributed by atoms with Gasteiger partial charge in [0, 0.05) is 41.7 Å². The van der Waals surface area contributed by atoms with Crippen LogP contribution in [-0.2, 0) is 4.79 Å². The van der Waals surface area contributed by atoms with Crippen LogP contribution in [0.25, 0.3) is 11.3 Å².